The summed E-state index contributed by atoms with van der Waals surface area (Å²) in [6, 6.07) is 5.03. The Morgan fingerprint density at radius 3 is 2.45 bits per heavy atom. The smallest absolute Gasteiger partial charge is 0.416 e. The summed E-state index contributed by atoms with van der Waals surface area (Å²) in [6.45, 7) is 0.942. The van der Waals surface area contributed by atoms with E-state index in [9.17, 15) is 22.8 Å². The number of nitrogens with one attached hydrogen (secondary N) is 1. The Morgan fingerprint density at radius 2 is 1.90 bits per heavy atom. The van der Waals surface area contributed by atoms with Crippen molar-refractivity contribution in [1.82, 2.24) is 5.32 Å². The molecule has 1 aromatic rings. The Balaban J connectivity index is 2.80. The van der Waals surface area contributed by atoms with Gasteiger partial charge in [0.1, 0.15) is 6.54 Å². The van der Waals surface area contributed by atoms with E-state index >= 15 is 0 Å². The number of halogens is 3. The average Bonchev–Trinajstić information content (AvgIpc) is 2.35. The maximum Gasteiger partial charge on any atom is 0.416 e. The van der Waals surface area contributed by atoms with Crippen molar-refractivity contribution in [2.75, 3.05) is 6.54 Å². The van der Waals surface area contributed by atoms with Crippen molar-refractivity contribution in [1.29, 1.82) is 0 Å². The number of benzene rings is 1. The van der Waals surface area contributed by atoms with Gasteiger partial charge in [0.2, 0.25) is 5.91 Å². The van der Waals surface area contributed by atoms with Crippen molar-refractivity contribution in [3.05, 3.63) is 35.4 Å². The molecule has 0 bridgehead atoms. The van der Waals surface area contributed by atoms with Gasteiger partial charge in [-0.3, -0.25) is 9.59 Å². The number of carbonyl (C=O) groups excluding carboxylic acids is 1. The minimum Gasteiger partial charge on any atom is -0.480 e. The summed E-state index contributed by atoms with van der Waals surface area (Å²) in [5.41, 5.74) is -0.760. The van der Waals surface area contributed by atoms with Crippen LogP contribution >= 0.6 is 0 Å². The van der Waals surface area contributed by atoms with E-state index in [4.69, 9.17) is 5.11 Å². The molecule has 2 N–H and O–H groups in total. The molecule has 0 heterocycles. The number of rotatable bonds is 5. The molecule has 0 fully saturated rings. The maximum atomic E-state index is 12.8. The molecule has 1 aromatic carbocycles. The van der Waals surface area contributed by atoms with Crippen molar-refractivity contribution < 1.29 is 27.9 Å². The quantitative estimate of drug-likeness (QED) is 0.874. The molecule has 1 amide bonds. The van der Waals surface area contributed by atoms with Crippen LogP contribution in [0.2, 0.25) is 0 Å². The van der Waals surface area contributed by atoms with E-state index in [-0.39, 0.29) is 12.0 Å². The first-order valence-corrected chi connectivity index (χ1v) is 5.86. The van der Waals surface area contributed by atoms with Crippen molar-refractivity contribution in [3.8, 4) is 0 Å². The van der Waals surface area contributed by atoms with Gasteiger partial charge in [0.05, 0.1) is 5.56 Å². The van der Waals surface area contributed by atoms with Gasteiger partial charge >= 0.3 is 12.1 Å². The lowest BCUT2D eigenvalue weighted by atomic mass is 9.92. The molecule has 0 aliphatic heterocycles. The number of carboxylic acids is 1. The minimum atomic E-state index is -4.48. The molecule has 0 saturated carbocycles. The monoisotopic (exact) mass is 289 g/mol. The number of carboxylic acid groups (broad SMARTS) is 1. The molecule has 0 radical (unpaired) electrons. The predicted molar refractivity (Wildman–Crippen MR) is 65.1 cm³/mol. The fraction of sp³-hybridized carbons (Fsp3) is 0.385. The highest BCUT2D eigenvalue weighted by atomic mass is 19.4. The third-order valence-electron chi connectivity index (χ3n) is 2.73. The van der Waals surface area contributed by atoms with Gasteiger partial charge in [-0.15, -0.1) is 0 Å². The first-order valence-electron chi connectivity index (χ1n) is 5.86. The number of amides is 1. The third-order valence-corrected chi connectivity index (χ3v) is 2.73. The molecule has 4 nitrogen and oxygen atoms in total. The summed E-state index contributed by atoms with van der Waals surface area (Å²) in [4.78, 5) is 21.7. The van der Waals surface area contributed by atoms with E-state index in [1.165, 1.54) is 25.1 Å². The predicted octanol–water partition coefficient (Wildman–Crippen LogP) is 2.40. The first kappa shape index (κ1) is 16.0. The summed E-state index contributed by atoms with van der Waals surface area (Å²) < 4.78 is 38.5. The van der Waals surface area contributed by atoms with Crippen LogP contribution in [0.25, 0.3) is 0 Å². The van der Waals surface area contributed by atoms with Crippen LogP contribution in [0.1, 0.15) is 30.4 Å². The van der Waals surface area contributed by atoms with Gasteiger partial charge in [0, 0.05) is 6.42 Å². The molecule has 1 atom stereocenters. The Hall–Kier alpha value is -2.05. The second-order valence-corrected chi connectivity index (χ2v) is 4.36. The molecule has 110 valence electrons. The molecule has 0 aromatic heterocycles. The van der Waals surface area contributed by atoms with Crippen LogP contribution in [0.15, 0.2) is 24.3 Å². The summed E-state index contributed by atoms with van der Waals surface area (Å²) in [6.07, 6.45) is -4.69. The van der Waals surface area contributed by atoms with Gasteiger partial charge in [-0.05, 0) is 17.5 Å². The highest BCUT2D eigenvalue weighted by Gasteiger charge is 2.34. The highest BCUT2D eigenvalue weighted by molar-refractivity contribution is 5.81. The second kappa shape index (κ2) is 6.40. The van der Waals surface area contributed by atoms with Gasteiger partial charge in [-0.2, -0.15) is 13.2 Å². The molecular weight excluding hydrogens is 275 g/mol. The SMILES string of the molecule is CC(CC(=O)NCC(=O)O)c1ccccc1C(F)(F)F. The lowest BCUT2D eigenvalue weighted by Crippen LogP contribution is -2.30. The van der Waals surface area contributed by atoms with Gasteiger partial charge in [0.15, 0.2) is 0 Å². The van der Waals surface area contributed by atoms with Crippen LogP contribution < -0.4 is 5.32 Å². The van der Waals surface area contributed by atoms with Crippen molar-refractivity contribution in [2.24, 2.45) is 0 Å². The van der Waals surface area contributed by atoms with Crippen molar-refractivity contribution in [2.45, 2.75) is 25.4 Å². The third kappa shape index (κ3) is 4.56. The largest absolute Gasteiger partial charge is 0.480 e. The zero-order chi connectivity index (χ0) is 15.3. The second-order valence-electron chi connectivity index (χ2n) is 4.36. The van der Waals surface area contributed by atoms with E-state index in [1.54, 1.807) is 0 Å². The topological polar surface area (TPSA) is 66.4 Å². The van der Waals surface area contributed by atoms with Crippen LogP contribution in [-0.4, -0.2) is 23.5 Å². The normalized spacial score (nSPS) is 12.8. The summed E-state index contributed by atoms with van der Waals surface area (Å²) in [5, 5.41) is 10.5. The molecule has 0 aliphatic carbocycles. The Labute approximate surface area is 113 Å². The van der Waals surface area contributed by atoms with Crippen LogP contribution in [0.3, 0.4) is 0 Å². The van der Waals surface area contributed by atoms with Crippen LogP contribution in [0.4, 0.5) is 13.2 Å². The lowest BCUT2D eigenvalue weighted by Gasteiger charge is -2.17. The van der Waals surface area contributed by atoms with Gasteiger partial charge in [-0.25, -0.2) is 0 Å². The van der Waals surface area contributed by atoms with Crippen LogP contribution in [-0.2, 0) is 15.8 Å². The molecule has 1 rings (SSSR count). The van der Waals surface area contributed by atoms with Crippen molar-refractivity contribution >= 4 is 11.9 Å². The summed E-state index contributed by atoms with van der Waals surface area (Å²) in [5.74, 6) is -2.47. The van der Waals surface area contributed by atoms with E-state index in [0.29, 0.717) is 0 Å². The molecule has 20 heavy (non-hydrogen) atoms. The molecule has 0 saturated heterocycles. The number of hydrogen-bond donors (Lipinski definition) is 2. The van der Waals surface area contributed by atoms with Gasteiger partial charge < -0.3 is 10.4 Å². The molecule has 7 heteroatoms. The highest BCUT2D eigenvalue weighted by Crippen LogP contribution is 2.35. The molecular formula is C13H14F3NO3. The first-order chi connectivity index (χ1) is 9.21. The fourth-order valence-electron chi connectivity index (χ4n) is 1.82. The van der Waals surface area contributed by atoms with Gasteiger partial charge in [0.25, 0.3) is 0 Å². The standard InChI is InChI=1S/C13H14F3NO3/c1-8(6-11(18)17-7-12(19)20)9-4-2-3-5-10(9)13(14,15)16/h2-5,8H,6-7H2,1H3,(H,17,18)(H,19,20). The van der Waals surface area contributed by atoms with Crippen molar-refractivity contribution in [3.63, 3.8) is 0 Å². The number of aliphatic carboxylic acids is 1. The molecule has 0 spiro atoms. The Morgan fingerprint density at radius 1 is 1.30 bits per heavy atom. The molecule has 0 aliphatic rings. The van der Waals surface area contributed by atoms with E-state index in [1.807, 2.05) is 0 Å². The zero-order valence-corrected chi connectivity index (χ0v) is 10.7. The number of carbonyl (C=O) groups is 2. The zero-order valence-electron chi connectivity index (χ0n) is 10.7. The Bertz CT molecular complexity index is 500. The van der Waals surface area contributed by atoms with Crippen LogP contribution in [0.5, 0.6) is 0 Å². The van der Waals surface area contributed by atoms with E-state index in [0.717, 1.165) is 6.07 Å². The Kier molecular flexibility index (Phi) is 5.12. The lowest BCUT2D eigenvalue weighted by molar-refractivity contribution is -0.138. The van der Waals surface area contributed by atoms with Gasteiger partial charge in [-0.1, -0.05) is 25.1 Å². The minimum absolute atomic E-state index is 0.0190. The maximum absolute atomic E-state index is 12.8. The number of alkyl halides is 3. The fourth-order valence-corrected chi connectivity index (χ4v) is 1.82. The average molecular weight is 289 g/mol. The number of hydrogen-bond acceptors (Lipinski definition) is 2. The van der Waals surface area contributed by atoms with E-state index in [2.05, 4.69) is 5.32 Å². The van der Waals surface area contributed by atoms with E-state index < -0.39 is 36.1 Å². The summed E-state index contributed by atoms with van der Waals surface area (Å²) in [7, 11) is 0. The summed E-state index contributed by atoms with van der Waals surface area (Å²) >= 11 is 0. The van der Waals surface area contributed by atoms with Crippen LogP contribution in [0, 0.1) is 0 Å². The molecule has 1 unspecified atom stereocenters.